The third kappa shape index (κ3) is 3.77. The average molecular weight is 372 g/mol. The molecule has 4 nitrogen and oxygen atoms in total. The van der Waals surface area contributed by atoms with E-state index in [1.165, 1.54) is 48.4 Å². The second kappa shape index (κ2) is 7.85. The highest BCUT2D eigenvalue weighted by molar-refractivity contribution is 5.89. The topological polar surface area (TPSA) is 50.7 Å². The van der Waals surface area contributed by atoms with Crippen molar-refractivity contribution in [2.75, 3.05) is 12.4 Å². The molecule has 1 N–H and O–H groups in total. The van der Waals surface area contributed by atoms with Gasteiger partial charge in [-0.05, 0) is 59.4 Å². The van der Waals surface area contributed by atoms with Crippen molar-refractivity contribution in [3.8, 4) is 0 Å². The maximum absolute atomic E-state index is 11.2. The molecule has 3 aliphatic rings. The summed E-state index contributed by atoms with van der Waals surface area (Å²) in [5.41, 5.74) is 7.05. The van der Waals surface area contributed by atoms with Crippen molar-refractivity contribution in [2.45, 2.75) is 19.8 Å². The van der Waals surface area contributed by atoms with Crippen LogP contribution in [-0.2, 0) is 9.53 Å². The van der Waals surface area contributed by atoms with E-state index in [-0.39, 0.29) is 5.91 Å². The molecule has 0 saturated heterocycles. The lowest BCUT2D eigenvalue weighted by atomic mass is 9.69. The average Bonchev–Trinajstić information content (AvgIpc) is 2.73. The number of amides is 1. The van der Waals surface area contributed by atoms with E-state index in [0.717, 1.165) is 11.4 Å². The number of nitrogens with one attached hydrogen (secondary N) is 1. The number of rotatable bonds is 5. The number of carbonyl (C=O) groups excluding carboxylic acids is 1. The van der Waals surface area contributed by atoms with Crippen molar-refractivity contribution < 1.29 is 9.53 Å². The molecular formula is C24H24N2O2. The van der Waals surface area contributed by atoms with Gasteiger partial charge in [-0.2, -0.15) is 0 Å². The first-order valence-corrected chi connectivity index (χ1v) is 9.61. The summed E-state index contributed by atoms with van der Waals surface area (Å²) in [7, 11) is 1.60. The van der Waals surface area contributed by atoms with Gasteiger partial charge in [0.15, 0.2) is 6.40 Å². The van der Waals surface area contributed by atoms with Crippen molar-refractivity contribution in [1.82, 2.24) is 0 Å². The van der Waals surface area contributed by atoms with Crippen LogP contribution in [0.2, 0.25) is 0 Å². The smallest absolute Gasteiger partial charge is 0.221 e. The van der Waals surface area contributed by atoms with Crippen LogP contribution in [-0.4, -0.2) is 19.4 Å². The van der Waals surface area contributed by atoms with Crippen LogP contribution in [0.5, 0.6) is 0 Å². The summed E-state index contributed by atoms with van der Waals surface area (Å²) in [6, 6.07) is 16.5. The van der Waals surface area contributed by atoms with Gasteiger partial charge in [0, 0.05) is 24.4 Å². The molecule has 0 saturated carbocycles. The van der Waals surface area contributed by atoms with Gasteiger partial charge in [-0.1, -0.05) is 36.4 Å². The Morgan fingerprint density at radius 2 is 1.50 bits per heavy atom. The third-order valence-corrected chi connectivity index (χ3v) is 5.40. The summed E-state index contributed by atoms with van der Waals surface area (Å²) in [6.07, 6.45) is 8.67. The van der Waals surface area contributed by atoms with Gasteiger partial charge in [0.1, 0.15) is 0 Å². The minimum Gasteiger partial charge on any atom is -0.486 e. The summed E-state index contributed by atoms with van der Waals surface area (Å²) in [5, 5.41) is 2.83. The zero-order chi connectivity index (χ0) is 19.5. The Bertz CT molecular complexity index is 953. The number of ether oxygens (including phenoxy) is 1. The lowest BCUT2D eigenvalue weighted by molar-refractivity contribution is -0.114. The fourth-order valence-electron chi connectivity index (χ4n) is 4.12. The summed E-state index contributed by atoms with van der Waals surface area (Å²) in [6.45, 7) is 1.53. The Morgan fingerprint density at radius 1 is 0.964 bits per heavy atom. The maximum Gasteiger partial charge on any atom is 0.221 e. The molecule has 2 aromatic rings. The van der Waals surface area contributed by atoms with Gasteiger partial charge < -0.3 is 10.1 Å². The van der Waals surface area contributed by atoms with Crippen molar-refractivity contribution in [3.05, 3.63) is 71.8 Å². The first-order valence-electron chi connectivity index (χ1n) is 9.61. The lowest BCUT2D eigenvalue weighted by Gasteiger charge is -2.35. The molecule has 28 heavy (non-hydrogen) atoms. The maximum atomic E-state index is 11.2. The standard InChI is InChI=1S/C24H24N2O2/c1-16(27)26-22-11-7-18(8-12-22)24-14-19-3-4-20(24)13-23(19)17-5-9-21(10-6-17)25-15-28-2/h5-15,19-20H,3-4H2,1-2H3,(H,26,27). The molecule has 5 rings (SSSR count). The number of aliphatic imine (C=N–C) groups is 1. The predicted octanol–water partition coefficient (Wildman–Crippen LogP) is 5.46. The van der Waals surface area contributed by atoms with Gasteiger partial charge >= 0.3 is 0 Å². The number of hydrogen-bond donors (Lipinski definition) is 1. The van der Waals surface area contributed by atoms with E-state index < -0.39 is 0 Å². The predicted molar refractivity (Wildman–Crippen MR) is 115 cm³/mol. The van der Waals surface area contributed by atoms with Crippen LogP contribution >= 0.6 is 0 Å². The van der Waals surface area contributed by atoms with Crippen LogP contribution in [0.4, 0.5) is 11.4 Å². The van der Waals surface area contributed by atoms with Crippen molar-refractivity contribution in [2.24, 2.45) is 16.8 Å². The molecule has 0 aromatic heterocycles. The zero-order valence-electron chi connectivity index (χ0n) is 16.2. The minimum atomic E-state index is -0.0461. The van der Waals surface area contributed by atoms with E-state index in [1.807, 2.05) is 24.3 Å². The molecule has 0 heterocycles. The van der Waals surface area contributed by atoms with Gasteiger partial charge in [-0.3, -0.25) is 4.79 Å². The van der Waals surface area contributed by atoms with Crippen LogP contribution in [0, 0.1) is 11.8 Å². The number of anilines is 1. The Hall–Kier alpha value is -3.14. The van der Waals surface area contributed by atoms with E-state index in [1.54, 1.807) is 7.11 Å². The van der Waals surface area contributed by atoms with Gasteiger partial charge in [0.25, 0.3) is 0 Å². The van der Waals surface area contributed by atoms with Crippen molar-refractivity contribution >= 4 is 34.8 Å². The molecule has 1 amide bonds. The molecule has 3 aliphatic carbocycles. The highest BCUT2D eigenvalue weighted by atomic mass is 16.5. The van der Waals surface area contributed by atoms with Crippen LogP contribution in [0.15, 0.2) is 65.7 Å². The zero-order valence-corrected chi connectivity index (χ0v) is 16.2. The molecule has 2 unspecified atom stereocenters. The summed E-state index contributed by atoms with van der Waals surface area (Å²) in [5.74, 6) is 0.844. The van der Waals surface area contributed by atoms with E-state index in [9.17, 15) is 4.79 Å². The highest BCUT2D eigenvalue weighted by Gasteiger charge is 2.31. The SMILES string of the molecule is COC=Nc1ccc(C2=CC3CCC2C=C3c2ccc(NC(C)=O)cc2)cc1. The Morgan fingerprint density at radius 3 is 1.96 bits per heavy atom. The quantitative estimate of drug-likeness (QED) is 0.560. The molecule has 0 aliphatic heterocycles. The normalized spacial score (nSPS) is 20.6. The number of benzene rings is 2. The Labute approximate surface area is 165 Å². The van der Waals surface area contributed by atoms with Gasteiger partial charge in [-0.25, -0.2) is 4.99 Å². The molecule has 0 fully saturated rings. The number of allylic oxidation sites excluding steroid dienone is 4. The van der Waals surface area contributed by atoms with E-state index in [4.69, 9.17) is 4.74 Å². The first kappa shape index (κ1) is 18.2. The summed E-state index contributed by atoms with van der Waals surface area (Å²) in [4.78, 5) is 15.4. The molecule has 2 aromatic carbocycles. The van der Waals surface area contributed by atoms with Crippen molar-refractivity contribution in [1.29, 1.82) is 0 Å². The van der Waals surface area contributed by atoms with Crippen molar-refractivity contribution in [3.63, 3.8) is 0 Å². The summed E-state index contributed by atoms with van der Waals surface area (Å²) >= 11 is 0. The van der Waals surface area contributed by atoms with Crippen LogP contribution in [0.3, 0.4) is 0 Å². The Kier molecular flexibility index (Phi) is 5.11. The minimum absolute atomic E-state index is 0.0461. The van der Waals surface area contributed by atoms with Gasteiger partial charge in [0.05, 0.1) is 12.8 Å². The van der Waals surface area contributed by atoms with Gasteiger partial charge in [-0.15, -0.1) is 0 Å². The second-order valence-corrected chi connectivity index (χ2v) is 7.31. The number of nitrogens with zero attached hydrogens (tertiary/aromatic N) is 1. The first-order chi connectivity index (χ1) is 13.6. The van der Waals surface area contributed by atoms with E-state index in [0.29, 0.717) is 11.8 Å². The lowest BCUT2D eigenvalue weighted by Crippen LogP contribution is -2.20. The molecule has 0 radical (unpaired) electrons. The van der Waals surface area contributed by atoms with E-state index in [2.05, 4.69) is 46.7 Å². The summed E-state index contributed by atoms with van der Waals surface area (Å²) < 4.78 is 4.88. The molecular weight excluding hydrogens is 348 g/mol. The third-order valence-electron chi connectivity index (χ3n) is 5.40. The fourth-order valence-corrected chi connectivity index (χ4v) is 4.12. The number of fused-ring (bicyclic) bond motifs is 1. The highest BCUT2D eigenvalue weighted by Crippen LogP contribution is 2.47. The molecule has 2 atom stereocenters. The second-order valence-electron chi connectivity index (χ2n) is 7.31. The van der Waals surface area contributed by atoms with Crippen LogP contribution < -0.4 is 5.32 Å². The van der Waals surface area contributed by atoms with E-state index >= 15 is 0 Å². The number of hydrogen-bond acceptors (Lipinski definition) is 3. The number of carbonyl (C=O) groups is 1. The fraction of sp³-hybridized carbons (Fsp3) is 0.250. The molecule has 2 bridgehead atoms. The molecule has 4 heteroatoms. The number of methoxy groups -OCH3 is 1. The Balaban J connectivity index is 1.54. The molecule has 142 valence electrons. The largest absolute Gasteiger partial charge is 0.486 e. The van der Waals surface area contributed by atoms with Crippen LogP contribution in [0.1, 0.15) is 30.9 Å². The molecule has 0 spiro atoms. The monoisotopic (exact) mass is 372 g/mol. The van der Waals surface area contributed by atoms with Crippen LogP contribution in [0.25, 0.3) is 11.1 Å². The van der Waals surface area contributed by atoms with Gasteiger partial charge in [0.2, 0.25) is 5.91 Å².